The van der Waals surface area contributed by atoms with Crippen molar-refractivity contribution in [1.82, 2.24) is 0 Å². The number of aliphatic hydroxyl groups excluding tert-OH is 1. The van der Waals surface area contributed by atoms with Crippen LogP contribution in [0.4, 0.5) is 0 Å². The number of esters is 1. The summed E-state index contributed by atoms with van der Waals surface area (Å²) >= 11 is 0. The van der Waals surface area contributed by atoms with Gasteiger partial charge in [0.15, 0.2) is 0 Å². The zero-order valence-electron chi connectivity index (χ0n) is 22.9. The fourth-order valence-electron chi connectivity index (χ4n) is 10.0. The van der Waals surface area contributed by atoms with E-state index >= 15 is 0 Å². The van der Waals surface area contributed by atoms with Crippen molar-refractivity contribution in [2.45, 2.75) is 124 Å². The third-order valence-corrected chi connectivity index (χ3v) is 11.8. The summed E-state index contributed by atoms with van der Waals surface area (Å²) in [7, 11) is 0. The molecule has 1 aliphatic heterocycles. The van der Waals surface area contributed by atoms with Crippen LogP contribution in [0.1, 0.15) is 106 Å². The molecule has 5 rings (SSSR count). The van der Waals surface area contributed by atoms with Crippen LogP contribution in [-0.4, -0.2) is 39.3 Å². The largest absolute Gasteiger partial charge is 0.458 e. The SMILES string of the molecule is CC(C)(O)CCC[C@]1(C)OC(=O)C23CC=C4[C@@H](CCC5C(C)(C)[C@@H](O)CC[C@]45C)[C@]2(C)CC(=O)[C@@H]31. The fourth-order valence-corrected chi connectivity index (χ4v) is 10.0. The second-order valence-corrected chi connectivity index (χ2v) is 14.7. The summed E-state index contributed by atoms with van der Waals surface area (Å²) < 4.78 is 6.18. The standard InChI is InChI=1S/C30H46O5/c1-25(2,34)13-8-14-29(7)23-20(31)17-28(6)19-9-10-21-26(3,4)22(32)12-15-27(21,5)18(19)11-16-30(23,28)24(33)35-29/h11,19,21-23,32,34H,8-10,12-17H2,1-7H3/t19-,21?,22+,23-,27-,28+,29+,30?/m1/s1. The minimum Gasteiger partial charge on any atom is -0.458 e. The normalized spacial score (nSPS) is 48.4. The Morgan fingerprint density at radius 3 is 2.43 bits per heavy atom. The first-order chi connectivity index (χ1) is 16.0. The maximum Gasteiger partial charge on any atom is 0.314 e. The van der Waals surface area contributed by atoms with E-state index in [-0.39, 0.29) is 34.6 Å². The highest BCUT2D eigenvalue weighted by molar-refractivity contribution is 5.99. The molecule has 196 valence electrons. The van der Waals surface area contributed by atoms with Crippen molar-refractivity contribution in [3.05, 3.63) is 11.6 Å². The molecular weight excluding hydrogens is 440 g/mol. The molecule has 8 atom stereocenters. The summed E-state index contributed by atoms with van der Waals surface area (Å²) in [5.74, 6) is 0.189. The second kappa shape index (κ2) is 7.43. The predicted molar refractivity (Wildman–Crippen MR) is 134 cm³/mol. The Labute approximate surface area is 211 Å². The van der Waals surface area contributed by atoms with E-state index in [2.05, 4.69) is 33.8 Å². The number of Topliss-reactive ketones (excluding diaryl/α,β-unsaturated/α-hetero) is 1. The summed E-state index contributed by atoms with van der Waals surface area (Å²) in [5, 5.41) is 21.0. The van der Waals surface area contributed by atoms with Gasteiger partial charge in [-0.3, -0.25) is 9.59 Å². The van der Waals surface area contributed by atoms with Crippen LogP contribution in [0.2, 0.25) is 0 Å². The molecule has 1 spiro atoms. The third kappa shape index (κ3) is 3.19. The molecule has 0 aromatic heterocycles. The van der Waals surface area contributed by atoms with Gasteiger partial charge >= 0.3 is 5.97 Å². The Morgan fingerprint density at radius 2 is 1.77 bits per heavy atom. The molecule has 0 radical (unpaired) electrons. The average molecular weight is 487 g/mol. The van der Waals surface area contributed by atoms with Gasteiger partial charge in [-0.2, -0.15) is 0 Å². The summed E-state index contributed by atoms with van der Waals surface area (Å²) in [4.78, 5) is 27.6. The number of hydrogen-bond acceptors (Lipinski definition) is 5. The molecule has 2 N–H and O–H groups in total. The minimum absolute atomic E-state index is 0.00405. The lowest BCUT2D eigenvalue weighted by molar-refractivity contribution is -0.163. The molecule has 5 heteroatoms. The quantitative estimate of drug-likeness (QED) is 0.412. The molecule has 0 bridgehead atoms. The number of ether oxygens (including phenoxy) is 1. The molecule has 0 aromatic rings. The highest BCUT2D eigenvalue weighted by Gasteiger charge is 2.78. The van der Waals surface area contributed by atoms with Crippen molar-refractivity contribution in [1.29, 1.82) is 0 Å². The highest BCUT2D eigenvalue weighted by Crippen LogP contribution is 2.75. The van der Waals surface area contributed by atoms with Crippen LogP contribution in [0.5, 0.6) is 0 Å². The van der Waals surface area contributed by atoms with Crippen LogP contribution < -0.4 is 0 Å². The molecular formula is C30H46O5. The van der Waals surface area contributed by atoms with Gasteiger partial charge in [-0.05, 0) is 100 Å². The molecule has 2 unspecified atom stereocenters. The van der Waals surface area contributed by atoms with Crippen molar-refractivity contribution in [2.75, 3.05) is 0 Å². The second-order valence-electron chi connectivity index (χ2n) is 14.7. The highest BCUT2D eigenvalue weighted by atomic mass is 16.6. The van der Waals surface area contributed by atoms with E-state index in [1.165, 1.54) is 5.57 Å². The van der Waals surface area contributed by atoms with E-state index in [9.17, 15) is 19.8 Å². The van der Waals surface area contributed by atoms with E-state index in [0.29, 0.717) is 38.0 Å². The Kier molecular flexibility index (Phi) is 5.40. The Morgan fingerprint density at radius 1 is 1.09 bits per heavy atom. The molecule has 4 fully saturated rings. The lowest BCUT2D eigenvalue weighted by Crippen LogP contribution is -2.58. The molecule has 5 aliphatic rings. The summed E-state index contributed by atoms with van der Waals surface area (Å²) in [6.45, 7) is 14.6. The Balaban J connectivity index is 1.53. The van der Waals surface area contributed by atoms with Crippen LogP contribution in [-0.2, 0) is 14.3 Å². The smallest absolute Gasteiger partial charge is 0.314 e. The topological polar surface area (TPSA) is 83.8 Å². The zero-order chi connectivity index (χ0) is 25.8. The maximum absolute atomic E-state index is 13.8. The van der Waals surface area contributed by atoms with Gasteiger partial charge in [0.1, 0.15) is 11.4 Å². The van der Waals surface area contributed by atoms with Gasteiger partial charge in [0.2, 0.25) is 0 Å². The number of carbonyl (C=O) groups is 2. The van der Waals surface area contributed by atoms with E-state index in [0.717, 1.165) is 25.7 Å². The minimum atomic E-state index is -0.805. The van der Waals surface area contributed by atoms with E-state index < -0.39 is 27.9 Å². The fraction of sp³-hybridized carbons (Fsp3) is 0.867. The van der Waals surface area contributed by atoms with E-state index in [1.807, 2.05) is 6.92 Å². The number of ketones is 1. The van der Waals surface area contributed by atoms with Crippen molar-refractivity contribution >= 4 is 11.8 Å². The van der Waals surface area contributed by atoms with Gasteiger partial charge in [-0.1, -0.05) is 39.3 Å². The van der Waals surface area contributed by atoms with Gasteiger partial charge in [0.25, 0.3) is 0 Å². The first kappa shape index (κ1) is 25.4. The monoisotopic (exact) mass is 486 g/mol. The summed E-state index contributed by atoms with van der Waals surface area (Å²) in [6, 6.07) is 0. The molecule has 1 heterocycles. The van der Waals surface area contributed by atoms with Crippen molar-refractivity contribution in [3.8, 4) is 0 Å². The summed E-state index contributed by atoms with van der Waals surface area (Å²) in [5.41, 5.74) is -1.50. The van der Waals surface area contributed by atoms with Gasteiger partial charge in [-0.15, -0.1) is 0 Å². The van der Waals surface area contributed by atoms with Gasteiger partial charge in [0, 0.05) is 6.42 Å². The number of aliphatic hydroxyl groups is 2. The molecule has 5 nitrogen and oxygen atoms in total. The van der Waals surface area contributed by atoms with Crippen LogP contribution in [0.15, 0.2) is 11.6 Å². The predicted octanol–water partition coefficient (Wildman–Crippen LogP) is 5.37. The zero-order valence-corrected chi connectivity index (χ0v) is 22.9. The summed E-state index contributed by atoms with van der Waals surface area (Å²) in [6.07, 6.45) is 8.75. The first-order valence-electron chi connectivity index (χ1n) is 13.9. The molecule has 0 aromatic carbocycles. The van der Waals surface area contributed by atoms with Crippen LogP contribution in [0, 0.1) is 39.4 Å². The van der Waals surface area contributed by atoms with Gasteiger partial charge in [0.05, 0.1) is 23.0 Å². The third-order valence-electron chi connectivity index (χ3n) is 11.8. The molecule has 1 saturated heterocycles. The number of hydrogen-bond donors (Lipinski definition) is 2. The Bertz CT molecular complexity index is 974. The van der Waals surface area contributed by atoms with Crippen molar-refractivity contribution in [2.24, 2.45) is 39.4 Å². The number of allylic oxidation sites excluding steroid dienone is 2. The van der Waals surface area contributed by atoms with Crippen molar-refractivity contribution in [3.63, 3.8) is 0 Å². The Hall–Kier alpha value is -1.20. The van der Waals surface area contributed by atoms with Crippen molar-refractivity contribution < 1.29 is 24.5 Å². The number of cyclic esters (lactones) is 1. The molecule has 3 saturated carbocycles. The molecule has 35 heavy (non-hydrogen) atoms. The average Bonchev–Trinajstić information content (AvgIpc) is 3.11. The van der Waals surface area contributed by atoms with Crippen LogP contribution >= 0.6 is 0 Å². The van der Waals surface area contributed by atoms with Crippen LogP contribution in [0.3, 0.4) is 0 Å². The molecule has 0 amide bonds. The maximum atomic E-state index is 13.8. The molecule has 4 aliphatic carbocycles. The first-order valence-corrected chi connectivity index (χ1v) is 13.9. The van der Waals surface area contributed by atoms with Gasteiger partial charge < -0.3 is 14.9 Å². The number of fused-ring (bicyclic) bond motifs is 4. The number of rotatable bonds is 4. The van der Waals surface area contributed by atoms with E-state index in [1.54, 1.807) is 13.8 Å². The number of carbonyl (C=O) groups excluding carboxylic acids is 2. The van der Waals surface area contributed by atoms with Gasteiger partial charge in [-0.25, -0.2) is 0 Å². The van der Waals surface area contributed by atoms with E-state index in [4.69, 9.17) is 4.74 Å². The lowest BCUT2D eigenvalue weighted by atomic mass is 9.41. The lowest BCUT2D eigenvalue weighted by Gasteiger charge is -2.63. The van der Waals surface area contributed by atoms with Crippen LogP contribution in [0.25, 0.3) is 0 Å².